The quantitative estimate of drug-likeness (QED) is 0.757. The molecule has 1 rings (SSSR count). The Hall–Kier alpha value is -1.10. The van der Waals surface area contributed by atoms with Gasteiger partial charge < -0.3 is 5.32 Å². The van der Waals surface area contributed by atoms with Crippen LogP contribution in [0.25, 0.3) is 0 Å². The molecule has 0 bridgehead atoms. The summed E-state index contributed by atoms with van der Waals surface area (Å²) in [5.41, 5.74) is 0.133. The predicted octanol–water partition coefficient (Wildman–Crippen LogP) is 1.43. The van der Waals surface area contributed by atoms with Crippen molar-refractivity contribution >= 4 is 17.4 Å². The van der Waals surface area contributed by atoms with Gasteiger partial charge in [-0.05, 0) is 25.4 Å². The van der Waals surface area contributed by atoms with Crippen LogP contribution in [0, 0.1) is 0 Å². The van der Waals surface area contributed by atoms with Gasteiger partial charge in [0.15, 0.2) is 0 Å². The molecular formula is C7H9N2O2S. The second-order valence-corrected chi connectivity index (χ2v) is 3.29. The van der Waals surface area contributed by atoms with Gasteiger partial charge >= 0.3 is 0 Å². The van der Waals surface area contributed by atoms with Crippen molar-refractivity contribution in [3.63, 3.8) is 0 Å². The first kappa shape index (κ1) is 8.99. The van der Waals surface area contributed by atoms with Crippen molar-refractivity contribution in [3.05, 3.63) is 10.9 Å². The minimum absolute atomic E-state index is 0.0387. The smallest absolute Gasteiger partial charge is 0.293 e. The Labute approximate surface area is 74.4 Å². The van der Waals surface area contributed by atoms with Crippen LogP contribution in [0.5, 0.6) is 5.88 Å². The number of carbonyl (C=O) groups is 1. The van der Waals surface area contributed by atoms with Crippen LogP contribution in [0.3, 0.4) is 0 Å². The van der Waals surface area contributed by atoms with Gasteiger partial charge in [0.2, 0.25) is 0 Å². The van der Waals surface area contributed by atoms with Gasteiger partial charge in [0.05, 0.1) is 0 Å². The Kier molecular flexibility index (Phi) is 2.65. The molecule has 0 aliphatic carbocycles. The molecule has 0 spiro atoms. The standard InChI is InChI=1S/C7H9N2O2S/c1-4(2)8-6(10)5-3-12-9-7(5)11/h3-4H,1-2H3,(H,8,10). The topological polar surface area (TPSA) is 61.9 Å². The zero-order valence-corrected chi connectivity index (χ0v) is 7.64. The Morgan fingerprint density at radius 1 is 1.67 bits per heavy atom. The Morgan fingerprint density at radius 3 is 2.75 bits per heavy atom. The average molecular weight is 185 g/mol. The summed E-state index contributed by atoms with van der Waals surface area (Å²) in [5.74, 6) is -0.790. The largest absolute Gasteiger partial charge is 0.350 e. The molecule has 0 aliphatic heterocycles. The van der Waals surface area contributed by atoms with Gasteiger partial charge in [0.1, 0.15) is 5.56 Å². The van der Waals surface area contributed by atoms with Crippen LogP contribution < -0.4 is 5.32 Å². The number of nitrogens with zero attached hydrogens (tertiary/aromatic N) is 1. The maximum Gasteiger partial charge on any atom is 0.293 e. The van der Waals surface area contributed by atoms with E-state index >= 15 is 0 Å². The molecule has 0 aliphatic rings. The number of amides is 1. The molecule has 1 aromatic rings. The molecule has 1 N–H and O–H groups in total. The van der Waals surface area contributed by atoms with Crippen molar-refractivity contribution in [1.82, 2.24) is 9.69 Å². The maximum absolute atomic E-state index is 11.2. The lowest BCUT2D eigenvalue weighted by Crippen LogP contribution is -2.29. The van der Waals surface area contributed by atoms with Crippen LogP contribution in [0.1, 0.15) is 24.2 Å². The van der Waals surface area contributed by atoms with Crippen LogP contribution in [-0.4, -0.2) is 16.3 Å². The van der Waals surface area contributed by atoms with Gasteiger partial charge in [-0.2, -0.15) is 4.37 Å². The van der Waals surface area contributed by atoms with Gasteiger partial charge in [-0.1, -0.05) is 0 Å². The number of aromatic nitrogens is 1. The van der Waals surface area contributed by atoms with Crippen LogP contribution in [-0.2, 0) is 5.11 Å². The lowest BCUT2D eigenvalue weighted by molar-refractivity contribution is 0.0938. The monoisotopic (exact) mass is 185 g/mol. The van der Waals surface area contributed by atoms with Crippen LogP contribution in [0.2, 0.25) is 0 Å². The van der Waals surface area contributed by atoms with E-state index in [-0.39, 0.29) is 17.5 Å². The van der Waals surface area contributed by atoms with Crippen molar-refractivity contribution in [3.8, 4) is 5.88 Å². The van der Waals surface area contributed by atoms with Crippen molar-refractivity contribution in [1.29, 1.82) is 0 Å². The van der Waals surface area contributed by atoms with Crippen LogP contribution >= 0.6 is 11.5 Å². The molecule has 0 unspecified atom stereocenters. The molecule has 1 radical (unpaired) electrons. The minimum Gasteiger partial charge on any atom is -0.350 e. The maximum atomic E-state index is 11.2. The van der Waals surface area contributed by atoms with Crippen molar-refractivity contribution < 1.29 is 9.90 Å². The molecule has 65 valence electrons. The molecule has 1 heterocycles. The summed E-state index contributed by atoms with van der Waals surface area (Å²) in [5, 5.41) is 15.0. The minimum atomic E-state index is -0.446. The molecule has 4 nitrogen and oxygen atoms in total. The third-order valence-corrected chi connectivity index (χ3v) is 1.81. The second kappa shape index (κ2) is 3.53. The lowest BCUT2D eigenvalue weighted by Gasteiger charge is -2.05. The molecule has 0 aromatic carbocycles. The summed E-state index contributed by atoms with van der Waals surface area (Å²) < 4.78 is 3.47. The van der Waals surface area contributed by atoms with E-state index < -0.39 is 5.88 Å². The highest BCUT2D eigenvalue weighted by molar-refractivity contribution is 7.04. The van der Waals surface area contributed by atoms with E-state index in [1.165, 1.54) is 5.38 Å². The summed E-state index contributed by atoms with van der Waals surface area (Å²) >= 11 is 0.998. The number of carbonyl (C=O) groups excluding carboxylic acids is 1. The molecule has 12 heavy (non-hydrogen) atoms. The van der Waals surface area contributed by atoms with E-state index in [1.54, 1.807) is 0 Å². The second-order valence-electron chi connectivity index (χ2n) is 2.66. The zero-order valence-electron chi connectivity index (χ0n) is 6.83. The first-order valence-electron chi connectivity index (χ1n) is 3.53. The molecule has 0 saturated heterocycles. The van der Waals surface area contributed by atoms with Gasteiger partial charge in [-0.15, -0.1) is 0 Å². The van der Waals surface area contributed by atoms with E-state index in [9.17, 15) is 9.90 Å². The third-order valence-electron chi connectivity index (χ3n) is 1.20. The van der Waals surface area contributed by atoms with E-state index in [4.69, 9.17) is 0 Å². The summed E-state index contributed by atoms with van der Waals surface area (Å²) in [4.78, 5) is 11.2. The van der Waals surface area contributed by atoms with E-state index in [0.29, 0.717) is 0 Å². The van der Waals surface area contributed by atoms with Crippen molar-refractivity contribution in [2.45, 2.75) is 19.9 Å². The molecule has 5 heteroatoms. The summed E-state index contributed by atoms with van der Waals surface area (Å²) in [6, 6.07) is 0.0387. The fourth-order valence-corrected chi connectivity index (χ4v) is 1.28. The van der Waals surface area contributed by atoms with E-state index in [0.717, 1.165) is 11.5 Å². The Bertz CT molecular complexity index is 283. The third kappa shape index (κ3) is 1.94. The summed E-state index contributed by atoms with van der Waals surface area (Å²) in [6.07, 6.45) is 0. The molecule has 0 fully saturated rings. The molecular weight excluding hydrogens is 176 g/mol. The summed E-state index contributed by atoms with van der Waals surface area (Å²) in [6.45, 7) is 3.67. The number of rotatable bonds is 2. The fraction of sp³-hybridized carbons (Fsp3) is 0.429. The van der Waals surface area contributed by atoms with Crippen molar-refractivity contribution in [2.75, 3.05) is 0 Å². The Balaban J connectivity index is 2.72. The first-order chi connectivity index (χ1) is 5.61. The average Bonchev–Trinajstić information content (AvgIpc) is 2.33. The molecule has 1 amide bonds. The highest BCUT2D eigenvalue weighted by Crippen LogP contribution is 2.17. The number of hydrogen-bond acceptors (Lipinski definition) is 3. The van der Waals surface area contributed by atoms with Crippen molar-refractivity contribution in [2.24, 2.45) is 0 Å². The lowest BCUT2D eigenvalue weighted by atomic mass is 10.3. The van der Waals surface area contributed by atoms with Gasteiger partial charge in [-0.3, -0.25) is 9.90 Å². The summed E-state index contributed by atoms with van der Waals surface area (Å²) in [7, 11) is 0. The van der Waals surface area contributed by atoms with E-state index in [2.05, 4.69) is 9.69 Å². The van der Waals surface area contributed by atoms with Gasteiger partial charge in [0.25, 0.3) is 11.8 Å². The predicted molar refractivity (Wildman–Crippen MR) is 44.8 cm³/mol. The van der Waals surface area contributed by atoms with E-state index in [1.807, 2.05) is 13.8 Å². The number of nitrogens with one attached hydrogen (secondary N) is 1. The highest BCUT2D eigenvalue weighted by atomic mass is 32.1. The normalized spacial score (nSPS) is 10.2. The fourth-order valence-electron chi connectivity index (χ4n) is 0.717. The number of hydrogen-bond donors (Lipinski definition) is 1. The molecule has 1 aromatic heterocycles. The van der Waals surface area contributed by atoms with Crippen LogP contribution in [0.4, 0.5) is 0 Å². The highest BCUT2D eigenvalue weighted by Gasteiger charge is 2.15. The van der Waals surface area contributed by atoms with Gasteiger partial charge in [-0.25, -0.2) is 0 Å². The van der Waals surface area contributed by atoms with Gasteiger partial charge in [0, 0.05) is 11.4 Å². The first-order valence-corrected chi connectivity index (χ1v) is 4.37. The molecule has 0 saturated carbocycles. The zero-order chi connectivity index (χ0) is 9.14. The Morgan fingerprint density at radius 2 is 2.33 bits per heavy atom. The molecule has 0 atom stereocenters. The SMILES string of the molecule is CC(C)NC(=O)c1csnc1[O]. The van der Waals surface area contributed by atoms with Crippen LogP contribution in [0.15, 0.2) is 5.38 Å².